The number of alkyl halides is 3. The molecule has 0 spiro atoms. The maximum Gasteiger partial charge on any atom is 0.406 e. The first kappa shape index (κ1) is 13.8. The van der Waals surface area contributed by atoms with Gasteiger partial charge in [-0.3, -0.25) is 14.7 Å². The molecule has 1 N–H and O–H groups in total. The second-order valence-corrected chi connectivity index (χ2v) is 4.70. The van der Waals surface area contributed by atoms with Gasteiger partial charge in [0.1, 0.15) is 0 Å². The second-order valence-electron chi connectivity index (χ2n) is 4.70. The summed E-state index contributed by atoms with van der Waals surface area (Å²) in [5.74, 6) is -1.79. The molecule has 1 aliphatic heterocycles. The molecule has 2 rings (SSSR count). The van der Waals surface area contributed by atoms with Gasteiger partial charge in [0.15, 0.2) is 5.41 Å². The minimum Gasteiger partial charge on any atom is -0.481 e. The average molecular weight is 274 g/mol. The van der Waals surface area contributed by atoms with Gasteiger partial charge in [-0.25, -0.2) is 0 Å². The monoisotopic (exact) mass is 274 g/mol. The lowest BCUT2D eigenvalue weighted by molar-refractivity contribution is -0.227. The molecule has 0 saturated carbocycles. The Kier molecular flexibility index (Phi) is 3.49. The van der Waals surface area contributed by atoms with E-state index in [1.165, 1.54) is 4.90 Å². The van der Waals surface area contributed by atoms with Gasteiger partial charge in [-0.2, -0.15) is 13.2 Å². The average Bonchev–Trinajstić information content (AvgIpc) is 2.75. The molecule has 4 nitrogen and oxygen atoms in total. The number of likely N-dealkylation sites (tertiary alicyclic amines) is 1. The highest BCUT2D eigenvalue weighted by molar-refractivity contribution is 5.76. The first-order chi connectivity index (χ1) is 8.85. The van der Waals surface area contributed by atoms with E-state index in [1.807, 2.05) is 0 Å². The number of halogens is 3. The Labute approximate surface area is 107 Å². The van der Waals surface area contributed by atoms with Crippen LogP contribution in [0.15, 0.2) is 24.5 Å². The molecule has 1 fully saturated rings. The summed E-state index contributed by atoms with van der Waals surface area (Å²) < 4.78 is 38.9. The van der Waals surface area contributed by atoms with Crippen molar-refractivity contribution in [3.8, 4) is 0 Å². The van der Waals surface area contributed by atoms with Gasteiger partial charge in [0.2, 0.25) is 0 Å². The third kappa shape index (κ3) is 2.56. The minimum absolute atomic E-state index is 0.119. The summed E-state index contributed by atoms with van der Waals surface area (Å²) in [6.07, 6.45) is -2.03. The lowest BCUT2D eigenvalue weighted by Gasteiger charge is -2.27. The largest absolute Gasteiger partial charge is 0.481 e. The van der Waals surface area contributed by atoms with Crippen molar-refractivity contribution in [2.24, 2.45) is 5.41 Å². The molecule has 0 amide bonds. The third-order valence-electron chi connectivity index (χ3n) is 3.46. The number of carbonyl (C=O) groups is 1. The molecule has 1 atom stereocenters. The number of rotatable bonds is 3. The van der Waals surface area contributed by atoms with Crippen molar-refractivity contribution in [1.29, 1.82) is 0 Å². The van der Waals surface area contributed by atoms with Crippen LogP contribution in [0, 0.1) is 5.41 Å². The molecule has 0 radical (unpaired) electrons. The quantitative estimate of drug-likeness (QED) is 0.915. The zero-order valence-electron chi connectivity index (χ0n) is 10.0. The van der Waals surface area contributed by atoms with E-state index in [9.17, 15) is 18.0 Å². The van der Waals surface area contributed by atoms with Crippen LogP contribution in [0.4, 0.5) is 13.2 Å². The van der Waals surface area contributed by atoms with Crippen molar-refractivity contribution in [2.45, 2.75) is 19.1 Å². The summed E-state index contributed by atoms with van der Waals surface area (Å²) in [7, 11) is 0. The zero-order valence-corrected chi connectivity index (χ0v) is 10.0. The van der Waals surface area contributed by atoms with Crippen molar-refractivity contribution in [3.05, 3.63) is 30.1 Å². The molecule has 1 aliphatic rings. The highest BCUT2D eigenvalue weighted by Gasteiger charge is 2.63. The van der Waals surface area contributed by atoms with E-state index in [4.69, 9.17) is 5.11 Å². The van der Waals surface area contributed by atoms with Crippen molar-refractivity contribution in [3.63, 3.8) is 0 Å². The fraction of sp³-hybridized carbons (Fsp3) is 0.500. The second kappa shape index (κ2) is 4.80. The van der Waals surface area contributed by atoms with Gasteiger partial charge in [-0.15, -0.1) is 0 Å². The Morgan fingerprint density at radius 1 is 1.42 bits per heavy atom. The van der Waals surface area contributed by atoms with Gasteiger partial charge in [0.05, 0.1) is 0 Å². The predicted octanol–water partition coefficient (Wildman–Crippen LogP) is 1.92. The molecule has 1 saturated heterocycles. The number of aromatic nitrogens is 1. The Balaban J connectivity index is 2.12. The summed E-state index contributed by atoms with van der Waals surface area (Å²) in [5.41, 5.74) is -1.82. The highest BCUT2D eigenvalue weighted by Crippen LogP contribution is 2.45. The van der Waals surface area contributed by atoms with Crippen LogP contribution < -0.4 is 0 Å². The van der Waals surface area contributed by atoms with E-state index in [0.29, 0.717) is 6.54 Å². The van der Waals surface area contributed by atoms with Crippen LogP contribution in [0.3, 0.4) is 0 Å². The Bertz CT molecular complexity index is 464. The molecule has 1 aromatic heterocycles. The number of nitrogens with zero attached hydrogens (tertiary/aromatic N) is 2. The highest BCUT2D eigenvalue weighted by atomic mass is 19.4. The molecule has 0 aromatic carbocycles. The lowest BCUT2D eigenvalue weighted by Crippen LogP contribution is -2.47. The fourth-order valence-corrected chi connectivity index (χ4v) is 2.30. The normalized spacial score (nSPS) is 24.6. The Morgan fingerprint density at radius 3 is 2.53 bits per heavy atom. The zero-order chi connectivity index (χ0) is 14.1. The summed E-state index contributed by atoms with van der Waals surface area (Å²) in [5, 5.41) is 8.93. The summed E-state index contributed by atoms with van der Waals surface area (Å²) >= 11 is 0. The minimum atomic E-state index is -4.73. The SMILES string of the molecule is O=C(O)C1(C(F)(F)F)CCN(Cc2ccncc2)C1. The van der Waals surface area contributed by atoms with Crippen LogP contribution in [-0.4, -0.2) is 40.2 Å². The van der Waals surface area contributed by atoms with Crippen LogP contribution in [-0.2, 0) is 11.3 Å². The standard InChI is InChI=1S/C12H13F3N2O2/c13-12(14,15)11(10(18)19)3-6-17(8-11)7-9-1-4-16-5-2-9/h1-2,4-5H,3,6-8H2,(H,18,19). The van der Waals surface area contributed by atoms with Crippen LogP contribution >= 0.6 is 0 Å². The van der Waals surface area contributed by atoms with E-state index in [0.717, 1.165) is 5.56 Å². The van der Waals surface area contributed by atoms with Crippen LogP contribution in [0.2, 0.25) is 0 Å². The first-order valence-electron chi connectivity index (χ1n) is 5.76. The lowest BCUT2D eigenvalue weighted by atomic mass is 9.86. The number of hydrogen-bond acceptors (Lipinski definition) is 3. The molecule has 7 heteroatoms. The van der Waals surface area contributed by atoms with Gasteiger partial charge in [0, 0.05) is 32.0 Å². The molecular formula is C12H13F3N2O2. The smallest absolute Gasteiger partial charge is 0.406 e. The van der Waals surface area contributed by atoms with E-state index >= 15 is 0 Å². The van der Waals surface area contributed by atoms with Crippen LogP contribution in [0.5, 0.6) is 0 Å². The predicted molar refractivity (Wildman–Crippen MR) is 60.3 cm³/mol. The van der Waals surface area contributed by atoms with Gasteiger partial charge in [-0.1, -0.05) is 0 Å². The van der Waals surface area contributed by atoms with E-state index < -0.39 is 30.5 Å². The van der Waals surface area contributed by atoms with Gasteiger partial charge >= 0.3 is 12.1 Å². The van der Waals surface area contributed by atoms with Crippen molar-refractivity contribution in [2.75, 3.05) is 13.1 Å². The van der Waals surface area contributed by atoms with Gasteiger partial charge in [-0.05, 0) is 24.1 Å². The van der Waals surface area contributed by atoms with E-state index in [-0.39, 0.29) is 6.54 Å². The molecule has 2 heterocycles. The maximum absolute atomic E-state index is 13.0. The van der Waals surface area contributed by atoms with Crippen molar-refractivity contribution >= 4 is 5.97 Å². The molecule has 19 heavy (non-hydrogen) atoms. The fourth-order valence-electron chi connectivity index (χ4n) is 2.30. The molecule has 0 bridgehead atoms. The van der Waals surface area contributed by atoms with Crippen molar-refractivity contribution < 1.29 is 23.1 Å². The number of aliphatic carboxylic acids is 1. The topological polar surface area (TPSA) is 53.4 Å². The number of carboxylic acids is 1. The Morgan fingerprint density at radius 2 is 2.05 bits per heavy atom. The molecule has 1 aromatic rings. The number of hydrogen-bond donors (Lipinski definition) is 1. The van der Waals surface area contributed by atoms with Crippen LogP contribution in [0.25, 0.3) is 0 Å². The van der Waals surface area contributed by atoms with Gasteiger partial charge in [0.25, 0.3) is 0 Å². The molecular weight excluding hydrogens is 261 g/mol. The molecule has 1 unspecified atom stereocenters. The third-order valence-corrected chi connectivity index (χ3v) is 3.46. The summed E-state index contributed by atoms with van der Waals surface area (Å²) in [6.45, 7) is -0.0874. The van der Waals surface area contributed by atoms with Crippen molar-refractivity contribution in [1.82, 2.24) is 9.88 Å². The summed E-state index contributed by atoms with van der Waals surface area (Å²) in [6, 6.07) is 3.41. The van der Waals surface area contributed by atoms with E-state index in [1.54, 1.807) is 24.5 Å². The van der Waals surface area contributed by atoms with Gasteiger partial charge < -0.3 is 5.11 Å². The van der Waals surface area contributed by atoms with Crippen LogP contribution in [0.1, 0.15) is 12.0 Å². The molecule has 0 aliphatic carbocycles. The number of pyridine rings is 1. The van der Waals surface area contributed by atoms with E-state index in [2.05, 4.69) is 4.98 Å². The first-order valence-corrected chi connectivity index (χ1v) is 5.76. The Hall–Kier alpha value is -1.63. The summed E-state index contributed by atoms with van der Waals surface area (Å²) in [4.78, 5) is 16.3. The number of carboxylic acid groups (broad SMARTS) is 1. The molecule has 104 valence electrons. The maximum atomic E-state index is 13.0.